The summed E-state index contributed by atoms with van der Waals surface area (Å²) in [6.45, 7) is 3.62. The lowest BCUT2D eigenvalue weighted by Gasteiger charge is -1.94. The van der Waals surface area contributed by atoms with Gasteiger partial charge in [0.2, 0.25) is 0 Å². The number of rotatable bonds is 3. The molecule has 0 fully saturated rings. The fourth-order valence-corrected chi connectivity index (χ4v) is 1.28. The van der Waals surface area contributed by atoms with Crippen molar-refractivity contribution in [1.82, 2.24) is 4.98 Å². The number of hydrogen-bond donors (Lipinski definition) is 1. The SMILES string of the molecule is Cc1nc(SCOC(=O)O)oc1C. The summed E-state index contributed by atoms with van der Waals surface area (Å²) in [5.41, 5.74) is 0.804. The van der Waals surface area contributed by atoms with E-state index in [1.165, 1.54) is 0 Å². The summed E-state index contributed by atoms with van der Waals surface area (Å²) >= 11 is 1.10. The molecule has 0 radical (unpaired) electrons. The van der Waals surface area contributed by atoms with Crippen molar-refractivity contribution in [3.05, 3.63) is 11.5 Å². The van der Waals surface area contributed by atoms with E-state index in [-0.39, 0.29) is 5.94 Å². The van der Waals surface area contributed by atoms with Crippen molar-refractivity contribution in [2.45, 2.75) is 19.1 Å². The molecule has 72 valence electrons. The largest absolute Gasteiger partial charge is 0.506 e. The van der Waals surface area contributed by atoms with Crippen LogP contribution in [-0.4, -0.2) is 22.2 Å². The first-order valence-electron chi connectivity index (χ1n) is 3.52. The Morgan fingerprint density at radius 1 is 1.69 bits per heavy atom. The van der Waals surface area contributed by atoms with E-state index in [1.807, 2.05) is 6.92 Å². The standard InChI is InChI=1S/C7H9NO4S/c1-4-5(2)12-6(8-4)13-3-11-7(9)10/h3H2,1-2H3,(H,9,10). The molecule has 0 aliphatic rings. The van der Waals surface area contributed by atoms with E-state index >= 15 is 0 Å². The smallest absolute Gasteiger partial charge is 0.450 e. The van der Waals surface area contributed by atoms with E-state index in [0.717, 1.165) is 23.2 Å². The number of aromatic nitrogens is 1. The Labute approximate surface area is 79.1 Å². The maximum absolute atomic E-state index is 9.98. The van der Waals surface area contributed by atoms with Crippen molar-refractivity contribution >= 4 is 17.9 Å². The lowest BCUT2D eigenvalue weighted by molar-refractivity contribution is 0.108. The molecule has 13 heavy (non-hydrogen) atoms. The second-order valence-corrected chi connectivity index (χ2v) is 3.17. The molecule has 0 amide bonds. The third kappa shape index (κ3) is 2.98. The average molecular weight is 203 g/mol. The van der Waals surface area contributed by atoms with E-state index in [9.17, 15) is 4.79 Å². The van der Waals surface area contributed by atoms with Gasteiger partial charge in [0.1, 0.15) is 11.7 Å². The van der Waals surface area contributed by atoms with Gasteiger partial charge in [-0.25, -0.2) is 9.78 Å². The third-order valence-corrected chi connectivity index (χ3v) is 2.03. The van der Waals surface area contributed by atoms with Gasteiger partial charge in [0.25, 0.3) is 5.22 Å². The molecule has 0 saturated heterocycles. The van der Waals surface area contributed by atoms with Crippen molar-refractivity contribution in [3.8, 4) is 0 Å². The van der Waals surface area contributed by atoms with Crippen molar-refractivity contribution in [1.29, 1.82) is 0 Å². The molecular weight excluding hydrogens is 194 g/mol. The average Bonchev–Trinajstić information content (AvgIpc) is 2.30. The van der Waals surface area contributed by atoms with Crippen LogP contribution in [0.1, 0.15) is 11.5 Å². The molecule has 0 aliphatic carbocycles. The first-order chi connectivity index (χ1) is 6.09. The summed E-state index contributed by atoms with van der Waals surface area (Å²) in [6.07, 6.45) is -1.30. The first-order valence-corrected chi connectivity index (χ1v) is 4.50. The van der Waals surface area contributed by atoms with E-state index in [1.54, 1.807) is 6.92 Å². The highest BCUT2D eigenvalue weighted by Crippen LogP contribution is 2.19. The highest BCUT2D eigenvalue weighted by Gasteiger charge is 2.06. The van der Waals surface area contributed by atoms with Crippen LogP contribution >= 0.6 is 11.8 Å². The van der Waals surface area contributed by atoms with Crippen LogP contribution in [0.25, 0.3) is 0 Å². The Balaban J connectivity index is 2.41. The van der Waals surface area contributed by atoms with Gasteiger partial charge < -0.3 is 14.3 Å². The number of nitrogens with zero attached hydrogens (tertiary/aromatic N) is 1. The van der Waals surface area contributed by atoms with Gasteiger partial charge in [0, 0.05) is 0 Å². The van der Waals surface area contributed by atoms with Crippen LogP contribution < -0.4 is 0 Å². The minimum atomic E-state index is -1.30. The molecule has 1 N–H and O–H groups in total. The minimum Gasteiger partial charge on any atom is -0.450 e. The molecule has 0 spiro atoms. The van der Waals surface area contributed by atoms with Gasteiger partial charge in [-0.1, -0.05) is 0 Å². The molecule has 0 atom stereocenters. The first kappa shape index (κ1) is 9.91. The molecule has 6 heteroatoms. The van der Waals surface area contributed by atoms with Crippen molar-refractivity contribution in [2.75, 3.05) is 5.94 Å². The van der Waals surface area contributed by atoms with Crippen molar-refractivity contribution in [2.24, 2.45) is 0 Å². The molecule has 0 bridgehead atoms. The zero-order chi connectivity index (χ0) is 9.84. The van der Waals surface area contributed by atoms with Gasteiger partial charge in [-0.3, -0.25) is 0 Å². The predicted octanol–water partition coefficient (Wildman–Crippen LogP) is 2.04. The normalized spacial score (nSPS) is 10.0. The summed E-state index contributed by atoms with van der Waals surface area (Å²) in [5.74, 6) is 0.729. The summed E-state index contributed by atoms with van der Waals surface area (Å²) in [4.78, 5) is 14.0. The number of ether oxygens (including phenoxy) is 1. The van der Waals surface area contributed by atoms with Crippen LogP contribution in [0.4, 0.5) is 4.79 Å². The number of hydrogen-bond acceptors (Lipinski definition) is 5. The Kier molecular flexibility index (Phi) is 3.18. The maximum Gasteiger partial charge on any atom is 0.506 e. The number of thioether (sulfide) groups is 1. The second kappa shape index (κ2) is 4.18. The van der Waals surface area contributed by atoms with E-state index < -0.39 is 6.16 Å². The molecule has 5 nitrogen and oxygen atoms in total. The lowest BCUT2D eigenvalue weighted by atomic mass is 10.4. The number of oxazole rings is 1. The molecule has 0 aliphatic heterocycles. The molecule has 1 rings (SSSR count). The third-order valence-electron chi connectivity index (χ3n) is 1.37. The van der Waals surface area contributed by atoms with Crippen LogP contribution in [0.15, 0.2) is 9.64 Å². The van der Waals surface area contributed by atoms with Crippen LogP contribution in [0.3, 0.4) is 0 Å². The molecule has 0 aromatic carbocycles. The Bertz CT molecular complexity index is 290. The van der Waals surface area contributed by atoms with Crippen LogP contribution in [0.5, 0.6) is 0 Å². The Hall–Kier alpha value is -1.17. The number of aryl methyl sites for hydroxylation is 2. The summed E-state index contributed by atoms with van der Waals surface area (Å²) in [5, 5.41) is 8.59. The summed E-state index contributed by atoms with van der Waals surface area (Å²) < 4.78 is 9.45. The maximum atomic E-state index is 9.98. The van der Waals surface area contributed by atoms with E-state index in [2.05, 4.69) is 9.72 Å². The van der Waals surface area contributed by atoms with E-state index in [0.29, 0.717) is 5.22 Å². The highest BCUT2D eigenvalue weighted by molar-refractivity contribution is 7.98. The summed E-state index contributed by atoms with van der Waals surface area (Å²) in [7, 11) is 0. The fraction of sp³-hybridized carbons (Fsp3) is 0.429. The molecular formula is C7H9NO4S. The fourth-order valence-electron chi connectivity index (χ4n) is 0.635. The lowest BCUT2D eigenvalue weighted by Crippen LogP contribution is -1.98. The van der Waals surface area contributed by atoms with Gasteiger partial charge in [0.15, 0.2) is 0 Å². The van der Waals surface area contributed by atoms with Crippen molar-refractivity contribution < 1.29 is 19.1 Å². The zero-order valence-corrected chi connectivity index (χ0v) is 8.05. The van der Waals surface area contributed by atoms with Crippen LogP contribution in [0, 0.1) is 13.8 Å². The van der Waals surface area contributed by atoms with Crippen molar-refractivity contribution in [3.63, 3.8) is 0 Å². The number of carbonyl (C=O) groups is 1. The molecule has 1 aromatic rings. The number of carboxylic acid groups (broad SMARTS) is 1. The quantitative estimate of drug-likeness (QED) is 0.460. The van der Waals surface area contributed by atoms with E-state index in [4.69, 9.17) is 9.52 Å². The molecule has 1 heterocycles. The molecule has 0 saturated carbocycles. The van der Waals surface area contributed by atoms with Gasteiger partial charge in [-0.2, -0.15) is 0 Å². The van der Waals surface area contributed by atoms with Crippen LogP contribution in [-0.2, 0) is 4.74 Å². The van der Waals surface area contributed by atoms with Gasteiger partial charge in [0.05, 0.1) is 5.69 Å². The monoisotopic (exact) mass is 203 g/mol. The minimum absolute atomic E-state index is 0.00523. The van der Waals surface area contributed by atoms with Gasteiger partial charge in [-0.15, -0.1) is 0 Å². The van der Waals surface area contributed by atoms with Crippen LogP contribution in [0.2, 0.25) is 0 Å². The Morgan fingerprint density at radius 2 is 2.38 bits per heavy atom. The van der Waals surface area contributed by atoms with Gasteiger partial charge in [-0.05, 0) is 25.6 Å². The molecule has 1 aromatic heterocycles. The second-order valence-electron chi connectivity index (χ2n) is 2.29. The molecule has 0 unspecified atom stereocenters. The predicted molar refractivity (Wildman–Crippen MR) is 45.8 cm³/mol. The Morgan fingerprint density at radius 3 is 2.85 bits per heavy atom. The zero-order valence-electron chi connectivity index (χ0n) is 7.23. The topological polar surface area (TPSA) is 72.6 Å². The van der Waals surface area contributed by atoms with Gasteiger partial charge >= 0.3 is 6.16 Å². The highest BCUT2D eigenvalue weighted by atomic mass is 32.2. The summed E-state index contributed by atoms with van der Waals surface area (Å²) in [6, 6.07) is 0.